The van der Waals surface area contributed by atoms with Gasteiger partial charge in [0, 0.05) is 18.0 Å². The van der Waals surface area contributed by atoms with E-state index in [1.54, 1.807) is 0 Å². The molecule has 1 saturated heterocycles. The molecule has 1 unspecified atom stereocenters. The van der Waals surface area contributed by atoms with E-state index in [0.717, 1.165) is 42.8 Å². The molecule has 0 aliphatic carbocycles. The van der Waals surface area contributed by atoms with Crippen molar-refractivity contribution in [3.05, 3.63) is 71.3 Å². The summed E-state index contributed by atoms with van der Waals surface area (Å²) < 4.78 is 0. The molecule has 3 rings (SSSR count). The highest BCUT2D eigenvalue weighted by Crippen LogP contribution is 2.29. The van der Waals surface area contributed by atoms with E-state index in [1.165, 1.54) is 50.5 Å². The van der Waals surface area contributed by atoms with Gasteiger partial charge in [-0.15, -0.1) is 0 Å². The fourth-order valence-electron chi connectivity index (χ4n) is 4.77. The first-order chi connectivity index (χ1) is 17.8. The number of aldehydes is 1. The summed E-state index contributed by atoms with van der Waals surface area (Å²) in [5.74, 6) is 1.86. The molecule has 0 radical (unpaired) electrons. The number of piperidine rings is 1. The van der Waals surface area contributed by atoms with E-state index in [9.17, 15) is 9.59 Å². The molecule has 0 spiro atoms. The maximum absolute atomic E-state index is 12.6. The topological polar surface area (TPSA) is 37.4 Å². The van der Waals surface area contributed by atoms with Gasteiger partial charge >= 0.3 is 0 Å². The number of Topliss-reactive ketones (excluding diaryl/α,β-unsaturated/α-hetero) is 1. The minimum atomic E-state index is 0.204. The van der Waals surface area contributed by atoms with Crippen molar-refractivity contribution in [2.24, 2.45) is 17.8 Å². The third kappa shape index (κ3) is 14.3. The van der Waals surface area contributed by atoms with E-state index in [2.05, 4.69) is 56.0 Å². The summed E-state index contributed by atoms with van der Waals surface area (Å²) in [6, 6.07) is 18.7. The lowest BCUT2D eigenvalue weighted by atomic mass is 9.80. The minimum absolute atomic E-state index is 0.204. The summed E-state index contributed by atoms with van der Waals surface area (Å²) in [5, 5.41) is 0. The van der Waals surface area contributed by atoms with Gasteiger partial charge in [0.1, 0.15) is 6.29 Å². The summed E-state index contributed by atoms with van der Waals surface area (Å²) in [4.78, 5) is 24.5. The fourth-order valence-corrected chi connectivity index (χ4v) is 4.77. The molecule has 2 aromatic rings. The van der Waals surface area contributed by atoms with E-state index in [-0.39, 0.29) is 11.7 Å². The molecule has 1 aliphatic rings. The number of carbonyl (C=O) groups is 2. The third-order valence-corrected chi connectivity index (χ3v) is 7.03. The Morgan fingerprint density at radius 3 is 2.14 bits per heavy atom. The maximum Gasteiger partial charge on any atom is 0.176 e. The average Bonchev–Trinajstić information content (AvgIpc) is 2.90. The monoisotopic (exact) mass is 507 g/mol. The van der Waals surface area contributed by atoms with Crippen LogP contribution in [0.25, 0.3) is 0 Å². The summed E-state index contributed by atoms with van der Waals surface area (Å²) in [7, 11) is 0. The van der Waals surface area contributed by atoms with Crippen molar-refractivity contribution < 1.29 is 9.59 Å². The van der Waals surface area contributed by atoms with Gasteiger partial charge < -0.3 is 4.79 Å². The van der Waals surface area contributed by atoms with Gasteiger partial charge in [-0.1, -0.05) is 127 Å². The number of nitrogens with zero attached hydrogens (tertiary/aromatic N) is 1. The molecule has 1 fully saturated rings. The van der Waals surface area contributed by atoms with Gasteiger partial charge in [0.15, 0.2) is 5.78 Å². The van der Waals surface area contributed by atoms with Gasteiger partial charge in [0.25, 0.3) is 0 Å². The molecule has 3 nitrogen and oxygen atoms in total. The SMILES string of the molecule is CC(C)C=O.CCC1CCN(CC(=O)c2cccc(C)c2)C[C@@H]1Cc1ccccc1.CCCCCCC. The summed E-state index contributed by atoms with van der Waals surface area (Å²) in [5.41, 5.74) is 3.41. The number of ketones is 1. The van der Waals surface area contributed by atoms with Crippen LogP contribution in [0.3, 0.4) is 0 Å². The zero-order chi connectivity index (χ0) is 27.5. The third-order valence-electron chi connectivity index (χ3n) is 7.03. The van der Waals surface area contributed by atoms with Crippen LogP contribution in [0.1, 0.15) is 101 Å². The molecule has 2 aromatic carbocycles. The van der Waals surface area contributed by atoms with E-state index < -0.39 is 0 Å². The number of hydrogen-bond acceptors (Lipinski definition) is 3. The van der Waals surface area contributed by atoms with Gasteiger partial charge in [0.2, 0.25) is 0 Å². The molecule has 0 aromatic heterocycles. The first-order valence-electron chi connectivity index (χ1n) is 14.7. The maximum atomic E-state index is 12.6. The van der Waals surface area contributed by atoms with Gasteiger partial charge in [-0.2, -0.15) is 0 Å². The second kappa shape index (κ2) is 19.8. The molecule has 1 aliphatic heterocycles. The Hall–Kier alpha value is -2.26. The van der Waals surface area contributed by atoms with Crippen LogP contribution in [0.5, 0.6) is 0 Å². The van der Waals surface area contributed by atoms with E-state index >= 15 is 0 Å². The van der Waals surface area contributed by atoms with Gasteiger partial charge in [-0.3, -0.25) is 9.69 Å². The molecule has 37 heavy (non-hydrogen) atoms. The number of aryl methyl sites for hydroxylation is 1. The zero-order valence-electron chi connectivity index (χ0n) is 24.5. The Kier molecular flexibility index (Phi) is 17.5. The number of likely N-dealkylation sites (tertiary alicyclic amines) is 1. The zero-order valence-corrected chi connectivity index (χ0v) is 24.5. The molecule has 206 valence electrons. The van der Waals surface area contributed by atoms with Crippen molar-refractivity contribution in [1.82, 2.24) is 4.90 Å². The summed E-state index contributed by atoms with van der Waals surface area (Å²) in [6.07, 6.45) is 11.5. The van der Waals surface area contributed by atoms with Crippen LogP contribution >= 0.6 is 0 Å². The van der Waals surface area contributed by atoms with Crippen LogP contribution in [0.4, 0.5) is 0 Å². The minimum Gasteiger partial charge on any atom is -0.303 e. The standard InChI is InChI=1S/C23H29NO.C7H16.C4H8O/c1-3-20-12-13-24(16-22(20)15-19-9-5-4-6-10-19)17-23(25)21-11-7-8-18(2)14-21;1-3-5-7-6-4-2;1-4(2)3-5/h4-11,14,20,22H,3,12-13,15-17H2,1-2H3;3-7H2,1-2H3;3-4H,1-2H3/t20?,22-;;/m0../s1. The van der Waals surface area contributed by atoms with Gasteiger partial charge in [-0.25, -0.2) is 0 Å². The first-order valence-corrected chi connectivity index (χ1v) is 14.7. The Morgan fingerprint density at radius 1 is 0.946 bits per heavy atom. The van der Waals surface area contributed by atoms with Crippen molar-refractivity contribution in [3.63, 3.8) is 0 Å². The van der Waals surface area contributed by atoms with Crippen LogP contribution in [-0.2, 0) is 11.2 Å². The highest BCUT2D eigenvalue weighted by molar-refractivity contribution is 5.97. The Labute approximate surface area is 228 Å². The molecule has 3 heteroatoms. The largest absolute Gasteiger partial charge is 0.303 e. The normalized spacial score (nSPS) is 17.3. The number of hydrogen-bond donors (Lipinski definition) is 0. The predicted octanol–water partition coefficient (Wildman–Crippen LogP) is 8.59. The number of rotatable bonds is 11. The summed E-state index contributed by atoms with van der Waals surface area (Å²) in [6.45, 7) is 15.2. The Morgan fingerprint density at radius 2 is 1.59 bits per heavy atom. The lowest BCUT2D eigenvalue weighted by Crippen LogP contribution is -2.43. The van der Waals surface area contributed by atoms with Crippen LogP contribution in [0.2, 0.25) is 0 Å². The number of unbranched alkanes of at least 4 members (excludes halogenated alkanes) is 4. The average molecular weight is 508 g/mol. The molecular formula is C34H53NO2. The molecule has 0 bridgehead atoms. The lowest BCUT2D eigenvalue weighted by Gasteiger charge is -2.38. The molecular weight excluding hydrogens is 454 g/mol. The predicted molar refractivity (Wildman–Crippen MR) is 159 cm³/mol. The highest BCUT2D eigenvalue weighted by atomic mass is 16.1. The molecule has 1 heterocycles. The second-order valence-corrected chi connectivity index (χ2v) is 10.9. The quantitative estimate of drug-likeness (QED) is 0.174. The Balaban J connectivity index is 0.000000476. The summed E-state index contributed by atoms with van der Waals surface area (Å²) >= 11 is 0. The van der Waals surface area contributed by atoms with Crippen LogP contribution in [-0.4, -0.2) is 36.6 Å². The van der Waals surface area contributed by atoms with Crippen molar-refractivity contribution in [2.45, 2.75) is 92.9 Å². The smallest absolute Gasteiger partial charge is 0.176 e. The van der Waals surface area contributed by atoms with Gasteiger partial charge in [0.05, 0.1) is 6.54 Å². The van der Waals surface area contributed by atoms with Crippen molar-refractivity contribution in [3.8, 4) is 0 Å². The van der Waals surface area contributed by atoms with Crippen molar-refractivity contribution in [1.29, 1.82) is 0 Å². The van der Waals surface area contributed by atoms with Crippen molar-refractivity contribution >= 4 is 12.1 Å². The molecule has 0 saturated carbocycles. The van der Waals surface area contributed by atoms with Crippen LogP contribution in [0.15, 0.2) is 54.6 Å². The van der Waals surface area contributed by atoms with Crippen molar-refractivity contribution in [2.75, 3.05) is 19.6 Å². The fraction of sp³-hybridized carbons (Fsp3) is 0.588. The van der Waals surface area contributed by atoms with Crippen LogP contribution < -0.4 is 0 Å². The lowest BCUT2D eigenvalue weighted by molar-refractivity contribution is -0.110. The Bertz CT molecular complexity index is 857. The molecule has 0 amide bonds. The van der Waals surface area contributed by atoms with E-state index in [0.29, 0.717) is 12.5 Å². The molecule has 2 atom stereocenters. The first kappa shape index (κ1) is 32.8. The number of benzene rings is 2. The highest BCUT2D eigenvalue weighted by Gasteiger charge is 2.29. The number of carbonyl (C=O) groups excluding carboxylic acids is 2. The van der Waals surface area contributed by atoms with E-state index in [4.69, 9.17) is 0 Å². The van der Waals surface area contributed by atoms with Crippen LogP contribution in [0, 0.1) is 24.7 Å². The second-order valence-electron chi connectivity index (χ2n) is 10.9. The van der Waals surface area contributed by atoms with E-state index in [1.807, 2.05) is 45.0 Å². The van der Waals surface area contributed by atoms with Gasteiger partial charge in [-0.05, 0) is 49.8 Å². The molecule has 0 N–H and O–H groups in total.